The first-order valence-electron chi connectivity index (χ1n) is 8.27. The number of benzene rings is 1. The lowest BCUT2D eigenvalue weighted by Gasteiger charge is -2.33. The first kappa shape index (κ1) is 15.1. The monoisotopic (exact) mass is 300 g/mol. The average molecular weight is 300 g/mol. The van der Waals surface area contributed by atoms with E-state index in [1.165, 1.54) is 12.8 Å². The van der Waals surface area contributed by atoms with Crippen molar-refractivity contribution in [1.82, 2.24) is 5.32 Å². The van der Waals surface area contributed by atoms with E-state index in [0.29, 0.717) is 0 Å². The Balaban J connectivity index is 1.50. The Labute approximate surface area is 131 Å². The molecule has 0 spiro atoms. The Morgan fingerprint density at radius 1 is 1.09 bits per heavy atom. The normalized spacial score (nSPS) is 19.0. The van der Waals surface area contributed by atoms with Gasteiger partial charge in [-0.05, 0) is 62.8 Å². The molecule has 1 N–H and O–H groups in total. The molecule has 2 fully saturated rings. The van der Waals surface area contributed by atoms with Crippen LogP contribution in [0.4, 0.5) is 5.69 Å². The van der Waals surface area contributed by atoms with Crippen LogP contribution in [0.3, 0.4) is 0 Å². The minimum atomic E-state index is 0.0950. The highest BCUT2D eigenvalue weighted by Crippen LogP contribution is 2.28. The summed E-state index contributed by atoms with van der Waals surface area (Å²) in [5.41, 5.74) is 1.89. The predicted octanol–water partition coefficient (Wildman–Crippen LogP) is 2.63. The van der Waals surface area contributed by atoms with Crippen molar-refractivity contribution in [3.05, 3.63) is 29.8 Å². The van der Waals surface area contributed by atoms with Crippen molar-refractivity contribution in [2.45, 2.75) is 32.6 Å². The summed E-state index contributed by atoms with van der Waals surface area (Å²) in [5, 5.41) is 3.09. The second kappa shape index (κ2) is 6.51. The molecule has 22 heavy (non-hydrogen) atoms. The van der Waals surface area contributed by atoms with Crippen LogP contribution in [0.25, 0.3) is 0 Å². The van der Waals surface area contributed by atoms with Gasteiger partial charge in [-0.25, -0.2) is 0 Å². The Bertz CT molecular complexity index is 541. The smallest absolute Gasteiger partial charge is 0.223 e. The topological polar surface area (TPSA) is 49.4 Å². The molecule has 0 atom stereocenters. The van der Waals surface area contributed by atoms with Crippen LogP contribution in [0.2, 0.25) is 0 Å². The third-order valence-corrected chi connectivity index (χ3v) is 4.77. The molecule has 4 nitrogen and oxygen atoms in total. The van der Waals surface area contributed by atoms with Gasteiger partial charge in [0.15, 0.2) is 5.78 Å². The Kier molecular flexibility index (Phi) is 4.46. The number of amides is 1. The maximum Gasteiger partial charge on any atom is 0.223 e. The van der Waals surface area contributed by atoms with Crippen LogP contribution in [0, 0.1) is 11.8 Å². The number of nitrogens with one attached hydrogen (secondary N) is 1. The molecule has 0 bridgehead atoms. The number of hydrogen-bond acceptors (Lipinski definition) is 3. The van der Waals surface area contributed by atoms with Gasteiger partial charge >= 0.3 is 0 Å². The molecule has 1 aromatic carbocycles. The molecule has 0 radical (unpaired) electrons. The zero-order valence-corrected chi connectivity index (χ0v) is 13.2. The van der Waals surface area contributed by atoms with Gasteiger partial charge in [-0.3, -0.25) is 9.59 Å². The van der Waals surface area contributed by atoms with E-state index in [0.717, 1.165) is 49.6 Å². The fourth-order valence-corrected chi connectivity index (χ4v) is 3.02. The van der Waals surface area contributed by atoms with E-state index >= 15 is 0 Å². The van der Waals surface area contributed by atoms with Gasteiger partial charge in [0.1, 0.15) is 0 Å². The van der Waals surface area contributed by atoms with Crippen molar-refractivity contribution in [2.24, 2.45) is 11.8 Å². The van der Waals surface area contributed by atoms with Crippen LogP contribution >= 0.6 is 0 Å². The fourth-order valence-electron chi connectivity index (χ4n) is 3.02. The van der Waals surface area contributed by atoms with E-state index in [1.807, 2.05) is 24.3 Å². The summed E-state index contributed by atoms with van der Waals surface area (Å²) >= 11 is 0. The average Bonchev–Trinajstić information content (AvgIpc) is 3.37. The van der Waals surface area contributed by atoms with Crippen molar-refractivity contribution < 1.29 is 9.59 Å². The van der Waals surface area contributed by atoms with Gasteiger partial charge in [0.05, 0.1) is 0 Å². The Hall–Kier alpha value is -1.84. The van der Waals surface area contributed by atoms with Gasteiger partial charge in [0.25, 0.3) is 0 Å². The molecule has 1 amide bonds. The van der Waals surface area contributed by atoms with Crippen molar-refractivity contribution in [3.8, 4) is 0 Å². The number of ketones is 1. The molecule has 1 saturated heterocycles. The van der Waals surface area contributed by atoms with Crippen LogP contribution < -0.4 is 10.2 Å². The summed E-state index contributed by atoms with van der Waals surface area (Å²) in [6.07, 6.45) is 4.36. The minimum absolute atomic E-state index is 0.0950. The molecule has 4 heteroatoms. The SMILES string of the molecule is CC(=O)c1ccc(N2CCC(C(=O)NCC3CC3)CC2)cc1. The maximum atomic E-state index is 12.1. The van der Waals surface area contributed by atoms with Crippen molar-refractivity contribution in [3.63, 3.8) is 0 Å². The summed E-state index contributed by atoms with van der Waals surface area (Å²) in [7, 11) is 0. The van der Waals surface area contributed by atoms with Gasteiger partial charge in [0, 0.05) is 36.8 Å². The Morgan fingerprint density at radius 3 is 2.27 bits per heavy atom. The summed E-state index contributed by atoms with van der Waals surface area (Å²) in [6.45, 7) is 4.26. The number of nitrogens with zero attached hydrogens (tertiary/aromatic N) is 1. The number of hydrogen-bond donors (Lipinski definition) is 1. The molecule has 1 aliphatic carbocycles. The number of Topliss-reactive ketones (excluding diaryl/α,β-unsaturated/α-hetero) is 1. The minimum Gasteiger partial charge on any atom is -0.371 e. The van der Waals surface area contributed by atoms with Crippen LogP contribution in [-0.4, -0.2) is 31.3 Å². The van der Waals surface area contributed by atoms with Crippen LogP contribution in [0.15, 0.2) is 24.3 Å². The first-order chi connectivity index (χ1) is 10.6. The zero-order valence-electron chi connectivity index (χ0n) is 13.2. The first-order valence-corrected chi connectivity index (χ1v) is 8.27. The van der Waals surface area contributed by atoms with E-state index in [-0.39, 0.29) is 17.6 Å². The lowest BCUT2D eigenvalue weighted by Crippen LogP contribution is -2.41. The second-order valence-corrected chi connectivity index (χ2v) is 6.55. The molecule has 2 aliphatic rings. The molecule has 1 aliphatic heterocycles. The molecule has 3 rings (SSSR count). The summed E-state index contributed by atoms with van der Waals surface area (Å²) in [6, 6.07) is 7.77. The zero-order chi connectivity index (χ0) is 15.5. The molecule has 0 aromatic heterocycles. The summed E-state index contributed by atoms with van der Waals surface area (Å²) in [5.74, 6) is 1.23. The molecule has 118 valence electrons. The van der Waals surface area contributed by atoms with E-state index < -0.39 is 0 Å². The van der Waals surface area contributed by atoms with E-state index in [4.69, 9.17) is 0 Å². The Morgan fingerprint density at radius 2 is 1.73 bits per heavy atom. The van der Waals surface area contributed by atoms with Gasteiger partial charge in [-0.1, -0.05) is 0 Å². The van der Waals surface area contributed by atoms with Crippen molar-refractivity contribution >= 4 is 17.4 Å². The number of carbonyl (C=O) groups excluding carboxylic acids is 2. The molecule has 1 aromatic rings. The predicted molar refractivity (Wildman–Crippen MR) is 87.1 cm³/mol. The summed E-state index contributed by atoms with van der Waals surface area (Å²) in [4.78, 5) is 25.7. The van der Waals surface area contributed by atoms with Gasteiger partial charge < -0.3 is 10.2 Å². The van der Waals surface area contributed by atoms with E-state index in [2.05, 4.69) is 10.2 Å². The highest BCUT2D eigenvalue weighted by molar-refractivity contribution is 5.94. The van der Waals surface area contributed by atoms with Crippen LogP contribution in [-0.2, 0) is 4.79 Å². The highest BCUT2D eigenvalue weighted by atomic mass is 16.2. The van der Waals surface area contributed by atoms with Gasteiger partial charge in [0.2, 0.25) is 5.91 Å². The molecule has 1 saturated carbocycles. The number of anilines is 1. The van der Waals surface area contributed by atoms with Crippen molar-refractivity contribution in [1.29, 1.82) is 0 Å². The van der Waals surface area contributed by atoms with E-state index in [9.17, 15) is 9.59 Å². The standard InChI is InChI=1S/C18H24N2O2/c1-13(21)15-4-6-17(7-5-15)20-10-8-16(9-11-20)18(22)19-12-14-2-3-14/h4-7,14,16H,2-3,8-12H2,1H3,(H,19,22). The quantitative estimate of drug-likeness (QED) is 0.851. The fraction of sp³-hybridized carbons (Fsp3) is 0.556. The second-order valence-electron chi connectivity index (χ2n) is 6.55. The summed E-state index contributed by atoms with van der Waals surface area (Å²) < 4.78 is 0. The number of rotatable bonds is 5. The third-order valence-electron chi connectivity index (χ3n) is 4.77. The molecular formula is C18H24N2O2. The van der Waals surface area contributed by atoms with Crippen LogP contribution in [0.1, 0.15) is 43.0 Å². The largest absolute Gasteiger partial charge is 0.371 e. The van der Waals surface area contributed by atoms with Crippen LogP contribution in [0.5, 0.6) is 0 Å². The van der Waals surface area contributed by atoms with Gasteiger partial charge in [-0.2, -0.15) is 0 Å². The third kappa shape index (κ3) is 3.67. The molecular weight excluding hydrogens is 276 g/mol. The lowest BCUT2D eigenvalue weighted by molar-refractivity contribution is -0.125. The molecule has 1 heterocycles. The van der Waals surface area contributed by atoms with Gasteiger partial charge in [-0.15, -0.1) is 0 Å². The van der Waals surface area contributed by atoms with Crippen molar-refractivity contribution in [2.75, 3.05) is 24.5 Å². The number of carbonyl (C=O) groups is 2. The van der Waals surface area contributed by atoms with E-state index in [1.54, 1.807) is 6.92 Å². The number of piperidine rings is 1. The molecule has 0 unspecified atom stereocenters. The highest BCUT2D eigenvalue weighted by Gasteiger charge is 2.27. The lowest BCUT2D eigenvalue weighted by atomic mass is 9.95. The maximum absolute atomic E-state index is 12.1.